The highest BCUT2D eigenvalue weighted by molar-refractivity contribution is 5.80. The third kappa shape index (κ3) is 4.20. The largest absolute Gasteiger partial charge is 0.370 e. The standard InChI is InChI=1S/C10H17NO2/c1-2-3-9(12)8-13-10-4-6-11-7-5-10/h2,10-11H,1,3-8H2. The lowest BCUT2D eigenvalue weighted by molar-refractivity contribution is -0.125. The summed E-state index contributed by atoms with van der Waals surface area (Å²) >= 11 is 0. The molecule has 0 saturated carbocycles. The Morgan fingerprint density at radius 1 is 1.54 bits per heavy atom. The third-order valence-corrected chi connectivity index (χ3v) is 2.14. The van der Waals surface area contributed by atoms with Crippen molar-refractivity contribution in [2.45, 2.75) is 25.4 Å². The zero-order valence-corrected chi connectivity index (χ0v) is 7.92. The predicted octanol–water partition coefficient (Wildman–Crippen LogP) is 0.900. The molecule has 0 unspecified atom stereocenters. The number of allylic oxidation sites excluding steroid dienone is 1. The number of carbonyl (C=O) groups is 1. The Morgan fingerprint density at radius 3 is 2.85 bits per heavy atom. The van der Waals surface area contributed by atoms with Crippen LogP contribution in [0.3, 0.4) is 0 Å². The summed E-state index contributed by atoms with van der Waals surface area (Å²) in [5.74, 6) is 0.119. The number of hydrogen-bond acceptors (Lipinski definition) is 3. The summed E-state index contributed by atoms with van der Waals surface area (Å²) in [6.07, 6.45) is 4.34. The van der Waals surface area contributed by atoms with Gasteiger partial charge in [-0.2, -0.15) is 0 Å². The van der Waals surface area contributed by atoms with Gasteiger partial charge in [0.2, 0.25) is 0 Å². The molecule has 0 radical (unpaired) electrons. The average Bonchev–Trinajstić information content (AvgIpc) is 2.17. The van der Waals surface area contributed by atoms with Gasteiger partial charge >= 0.3 is 0 Å². The lowest BCUT2D eigenvalue weighted by atomic mass is 10.1. The van der Waals surface area contributed by atoms with E-state index in [2.05, 4.69) is 11.9 Å². The molecule has 3 heteroatoms. The summed E-state index contributed by atoms with van der Waals surface area (Å²) < 4.78 is 5.46. The van der Waals surface area contributed by atoms with E-state index in [1.165, 1.54) is 0 Å². The summed E-state index contributed by atoms with van der Waals surface area (Å²) in [6, 6.07) is 0. The molecule has 0 atom stereocenters. The first-order valence-corrected chi connectivity index (χ1v) is 4.78. The molecule has 1 rings (SSSR count). The molecule has 0 amide bonds. The van der Waals surface area contributed by atoms with Gasteiger partial charge in [-0.3, -0.25) is 4.79 Å². The Hall–Kier alpha value is -0.670. The first kappa shape index (κ1) is 10.4. The van der Waals surface area contributed by atoms with E-state index in [0.717, 1.165) is 25.9 Å². The van der Waals surface area contributed by atoms with E-state index in [9.17, 15) is 4.79 Å². The molecule has 1 aliphatic rings. The minimum atomic E-state index is 0.119. The molecule has 0 bridgehead atoms. The van der Waals surface area contributed by atoms with Gasteiger partial charge < -0.3 is 10.1 Å². The van der Waals surface area contributed by atoms with E-state index >= 15 is 0 Å². The quantitative estimate of drug-likeness (QED) is 0.644. The molecule has 0 aromatic rings. The van der Waals surface area contributed by atoms with Crippen LogP contribution >= 0.6 is 0 Å². The number of carbonyl (C=O) groups excluding carboxylic acids is 1. The summed E-state index contributed by atoms with van der Waals surface area (Å²) in [4.78, 5) is 11.1. The van der Waals surface area contributed by atoms with Crippen LogP contribution in [0.15, 0.2) is 12.7 Å². The Kier molecular flexibility index (Phi) is 4.72. The van der Waals surface area contributed by atoms with Crippen LogP contribution in [0.1, 0.15) is 19.3 Å². The number of piperidine rings is 1. The number of ketones is 1. The molecule has 1 N–H and O–H groups in total. The molecule has 0 aromatic carbocycles. The summed E-state index contributed by atoms with van der Waals surface area (Å²) in [6.45, 7) is 5.76. The number of Topliss-reactive ketones (excluding diaryl/α,β-unsaturated/α-hetero) is 1. The molecule has 1 fully saturated rings. The lowest BCUT2D eigenvalue weighted by Crippen LogP contribution is -2.33. The summed E-state index contributed by atoms with van der Waals surface area (Å²) in [5, 5.41) is 3.25. The zero-order chi connectivity index (χ0) is 9.52. The SMILES string of the molecule is C=CCC(=O)COC1CCNCC1. The molecule has 3 nitrogen and oxygen atoms in total. The van der Waals surface area contributed by atoms with Crippen molar-refractivity contribution in [1.29, 1.82) is 0 Å². The van der Waals surface area contributed by atoms with Gasteiger partial charge in [0.15, 0.2) is 5.78 Å². The second-order valence-corrected chi connectivity index (χ2v) is 3.29. The maximum absolute atomic E-state index is 11.1. The molecule has 1 saturated heterocycles. The molecule has 0 aromatic heterocycles. The van der Waals surface area contributed by atoms with Gasteiger partial charge in [0.1, 0.15) is 6.61 Å². The van der Waals surface area contributed by atoms with E-state index < -0.39 is 0 Å². The highest BCUT2D eigenvalue weighted by Gasteiger charge is 2.13. The van der Waals surface area contributed by atoms with E-state index in [1.807, 2.05) is 0 Å². The van der Waals surface area contributed by atoms with Gasteiger partial charge in [-0.25, -0.2) is 0 Å². The zero-order valence-electron chi connectivity index (χ0n) is 7.92. The summed E-state index contributed by atoms with van der Waals surface area (Å²) in [7, 11) is 0. The number of nitrogens with one attached hydrogen (secondary N) is 1. The number of ether oxygens (including phenoxy) is 1. The monoisotopic (exact) mass is 183 g/mol. The first-order valence-electron chi connectivity index (χ1n) is 4.78. The van der Waals surface area contributed by atoms with Gasteiger partial charge in [0, 0.05) is 6.42 Å². The van der Waals surface area contributed by atoms with Crippen LogP contribution in [0.2, 0.25) is 0 Å². The molecule has 13 heavy (non-hydrogen) atoms. The second kappa shape index (κ2) is 5.89. The number of hydrogen-bond donors (Lipinski definition) is 1. The van der Waals surface area contributed by atoms with Crippen LogP contribution in [0, 0.1) is 0 Å². The van der Waals surface area contributed by atoms with E-state index in [1.54, 1.807) is 6.08 Å². The fourth-order valence-corrected chi connectivity index (χ4v) is 1.39. The molecule has 74 valence electrons. The third-order valence-electron chi connectivity index (χ3n) is 2.14. The smallest absolute Gasteiger partial charge is 0.162 e. The Morgan fingerprint density at radius 2 is 2.23 bits per heavy atom. The first-order chi connectivity index (χ1) is 6.33. The van der Waals surface area contributed by atoms with E-state index in [-0.39, 0.29) is 18.5 Å². The van der Waals surface area contributed by atoms with Crippen LogP contribution in [0.5, 0.6) is 0 Å². The maximum Gasteiger partial charge on any atom is 0.162 e. The average molecular weight is 183 g/mol. The Balaban J connectivity index is 2.09. The fraction of sp³-hybridized carbons (Fsp3) is 0.700. The highest BCUT2D eigenvalue weighted by atomic mass is 16.5. The van der Waals surface area contributed by atoms with Crippen molar-refractivity contribution in [3.63, 3.8) is 0 Å². The van der Waals surface area contributed by atoms with Crippen molar-refractivity contribution in [1.82, 2.24) is 5.32 Å². The number of rotatable bonds is 5. The van der Waals surface area contributed by atoms with Crippen molar-refractivity contribution >= 4 is 5.78 Å². The minimum Gasteiger partial charge on any atom is -0.370 e. The van der Waals surface area contributed by atoms with Crippen LogP contribution in [0.25, 0.3) is 0 Å². The van der Waals surface area contributed by atoms with Crippen LogP contribution in [0.4, 0.5) is 0 Å². The Bertz CT molecular complexity index is 174. The van der Waals surface area contributed by atoms with Crippen molar-refractivity contribution < 1.29 is 9.53 Å². The van der Waals surface area contributed by atoms with Crippen LogP contribution in [-0.2, 0) is 9.53 Å². The van der Waals surface area contributed by atoms with Crippen LogP contribution < -0.4 is 5.32 Å². The van der Waals surface area contributed by atoms with Gasteiger partial charge in [0.25, 0.3) is 0 Å². The van der Waals surface area contributed by atoms with Gasteiger partial charge in [-0.15, -0.1) is 6.58 Å². The van der Waals surface area contributed by atoms with Crippen molar-refractivity contribution in [3.05, 3.63) is 12.7 Å². The molecule has 0 aliphatic carbocycles. The van der Waals surface area contributed by atoms with Gasteiger partial charge in [0.05, 0.1) is 6.10 Å². The fourth-order valence-electron chi connectivity index (χ4n) is 1.39. The van der Waals surface area contributed by atoms with Crippen LogP contribution in [-0.4, -0.2) is 31.6 Å². The normalized spacial score (nSPS) is 18.5. The highest BCUT2D eigenvalue weighted by Crippen LogP contribution is 2.06. The minimum absolute atomic E-state index is 0.119. The molecular formula is C10H17NO2. The predicted molar refractivity (Wildman–Crippen MR) is 51.7 cm³/mol. The summed E-state index contributed by atoms with van der Waals surface area (Å²) in [5.41, 5.74) is 0. The molecule has 1 heterocycles. The molecule has 1 aliphatic heterocycles. The van der Waals surface area contributed by atoms with Gasteiger partial charge in [-0.1, -0.05) is 6.08 Å². The Labute approximate surface area is 79.2 Å². The molecular weight excluding hydrogens is 166 g/mol. The maximum atomic E-state index is 11.1. The van der Waals surface area contributed by atoms with Crippen molar-refractivity contribution in [3.8, 4) is 0 Å². The molecule has 0 spiro atoms. The van der Waals surface area contributed by atoms with Crippen molar-refractivity contribution in [2.75, 3.05) is 19.7 Å². The van der Waals surface area contributed by atoms with Gasteiger partial charge in [-0.05, 0) is 25.9 Å². The second-order valence-electron chi connectivity index (χ2n) is 3.29. The van der Waals surface area contributed by atoms with E-state index in [4.69, 9.17) is 4.74 Å². The lowest BCUT2D eigenvalue weighted by Gasteiger charge is -2.22. The van der Waals surface area contributed by atoms with E-state index in [0.29, 0.717) is 6.42 Å². The topological polar surface area (TPSA) is 38.3 Å². The van der Waals surface area contributed by atoms with Crippen molar-refractivity contribution in [2.24, 2.45) is 0 Å².